The zero-order valence-electron chi connectivity index (χ0n) is 13.7. The fourth-order valence-corrected chi connectivity index (χ4v) is 4.67. The molecule has 0 aromatic heterocycles. The van der Waals surface area contributed by atoms with Gasteiger partial charge in [-0.3, -0.25) is 0 Å². The zero-order chi connectivity index (χ0) is 14.8. The van der Waals surface area contributed by atoms with Gasteiger partial charge in [-0.2, -0.15) is 0 Å². The molecule has 106 valence electrons. The third-order valence-electron chi connectivity index (χ3n) is 5.27. The lowest BCUT2D eigenvalue weighted by atomic mass is 9.45. The molecule has 0 N–H and O–H groups in total. The van der Waals surface area contributed by atoms with Crippen molar-refractivity contribution in [2.45, 2.75) is 48.0 Å². The monoisotopic (exact) mass is 266 g/mol. The van der Waals surface area contributed by atoms with Gasteiger partial charge in [0.05, 0.1) is 0 Å². The van der Waals surface area contributed by atoms with Gasteiger partial charge in [-0.1, -0.05) is 78.0 Å². The smallest absolute Gasteiger partial charge is 0.0238 e. The molecule has 0 fully saturated rings. The highest BCUT2D eigenvalue weighted by molar-refractivity contribution is 6.08. The van der Waals surface area contributed by atoms with E-state index in [0.717, 1.165) is 6.42 Å². The van der Waals surface area contributed by atoms with E-state index >= 15 is 0 Å². The normalized spacial score (nSPS) is 20.3. The fourth-order valence-electron chi connectivity index (χ4n) is 4.67. The third kappa shape index (κ3) is 1.48. The van der Waals surface area contributed by atoms with E-state index in [1.807, 2.05) is 0 Å². The molecule has 20 heavy (non-hydrogen) atoms. The summed E-state index contributed by atoms with van der Waals surface area (Å²) < 4.78 is 0. The number of allylic oxidation sites excluding steroid dienone is 4. The van der Waals surface area contributed by atoms with Crippen molar-refractivity contribution in [3.63, 3.8) is 0 Å². The van der Waals surface area contributed by atoms with E-state index in [1.54, 1.807) is 11.1 Å². The maximum atomic E-state index is 2.50. The van der Waals surface area contributed by atoms with Gasteiger partial charge in [0.25, 0.3) is 0 Å². The van der Waals surface area contributed by atoms with Crippen molar-refractivity contribution < 1.29 is 0 Å². The molecule has 0 saturated carbocycles. The quantitative estimate of drug-likeness (QED) is 0.509. The van der Waals surface area contributed by atoms with Gasteiger partial charge < -0.3 is 0 Å². The molecular weight excluding hydrogens is 240 g/mol. The Kier molecular flexibility index (Phi) is 2.65. The number of benzene rings is 1. The fraction of sp³-hybridized carbons (Fsp3) is 0.500. The standard InChI is InChI=1S/C20H26/c1-18(2,3)20(19(4,5)6)13-9-12-16-14-10-7-8-11-15(14)17(16)20/h7-11,13H,12H2,1-6H3. The molecule has 1 aromatic rings. The van der Waals surface area contributed by atoms with Gasteiger partial charge in [0.2, 0.25) is 0 Å². The summed E-state index contributed by atoms with van der Waals surface area (Å²) in [6.07, 6.45) is 5.99. The Morgan fingerprint density at radius 2 is 1.40 bits per heavy atom. The molecule has 0 bridgehead atoms. The second-order valence-corrected chi connectivity index (χ2v) is 8.31. The Labute approximate surface area is 123 Å². The van der Waals surface area contributed by atoms with Crippen LogP contribution >= 0.6 is 0 Å². The summed E-state index contributed by atoms with van der Waals surface area (Å²) in [7, 11) is 0. The molecule has 0 radical (unpaired) electrons. The van der Waals surface area contributed by atoms with Gasteiger partial charge in [-0.05, 0) is 39.5 Å². The van der Waals surface area contributed by atoms with E-state index in [9.17, 15) is 0 Å². The van der Waals surface area contributed by atoms with Crippen molar-refractivity contribution in [2.24, 2.45) is 16.2 Å². The molecule has 2 aliphatic rings. The second-order valence-electron chi connectivity index (χ2n) is 8.31. The van der Waals surface area contributed by atoms with Crippen LogP contribution in [0.5, 0.6) is 0 Å². The summed E-state index contributed by atoms with van der Waals surface area (Å²) in [6.45, 7) is 14.3. The molecule has 0 atom stereocenters. The average molecular weight is 266 g/mol. The van der Waals surface area contributed by atoms with E-state index in [2.05, 4.69) is 78.0 Å². The van der Waals surface area contributed by atoms with Crippen molar-refractivity contribution in [1.29, 1.82) is 0 Å². The highest BCUT2D eigenvalue weighted by Gasteiger charge is 2.55. The Bertz CT molecular complexity index is 598. The Morgan fingerprint density at radius 1 is 0.850 bits per heavy atom. The molecule has 2 aliphatic carbocycles. The number of hydrogen-bond donors (Lipinski definition) is 0. The van der Waals surface area contributed by atoms with Gasteiger partial charge in [-0.15, -0.1) is 0 Å². The van der Waals surface area contributed by atoms with Crippen molar-refractivity contribution in [3.8, 4) is 0 Å². The minimum atomic E-state index is 0.113. The lowest BCUT2D eigenvalue weighted by molar-refractivity contribution is 0.0760. The topological polar surface area (TPSA) is 0 Å². The summed E-state index contributed by atoms with van der Waals surface area (Å²) in [5, 5.41) is 0. The molecule has 0 spiro atoms. The highest BCUT2D eigenvalue weighted by atomic mass is 14.6. The molecule has 0 heteroatoms. The summed E-state index contributed by atoms with van der Waals surface area (Å²) in [5.41, 5.74) is 6.67. The first kappa shape index (κ1) is 13.7. The van der Waals surface area contributed by atoms with Crippen LogP contribution in [0.25, 0.3) is 11.1 Å². The Balaban J connectivity index is 2.28. The van der Waals surface area contributed by atoms with Crippen molar-refractivity contribution in [1.82, 2.24) is 0 Å². The van der Waals surface area contributed by atoms with Gasteiger partial charge >= 0.3 is 0 Å². The first-order chi connectivity index (χ1) is 9.20. The molecule has 1 aromatic carbocycles. The molecule has 0 nitrogen and oxygen atoms in total. The Morgan fingerprint density at radius 3 is 1.95 bits per heavy atom. The molecule has 3 rings (SSSR count). The van der Waals surface area contributed by atoms with Gasteiger partial charge in [0, 0.05) is 5.41 Å². The highest BCUT2D eigenvalue weighted by Crippen LogP contribution is 2.67. The van der Waals surface area contributed by atoms with Gasteiger partial charge in [-0.25, -0.2) is 0 Å². The maximum Gasteiger partial charge on any atom is 0.0238 e. The first-order valence-electron chi connectivity index (χ1n) is 7.71. The summed E-state index contributed by atoms with van der Waals surface area (Å²) in [5.74, 6) is 0. The van der Waals surface area contributed by atoms with Crippen LogP contribution in [-0.4, -0.2) is 0 Å². The third-order valence-corrected chi connectivity index (χ3v) is 5.27. The van der Waals surface area contributed by atoms with Crippen LogP contribution in [0.4, 0.5) is 0 Å². The van der Waals surface area contributed by atoms with Gasteiger partial charge in [0.1, 0.15) is 0 Å². The molecule has 0 aliphatic heterocycles. The molecular formula is C20H26. The van der Waals surface area contributed by atoms with E-state index < -0.39 is 0 Å². The molecule has 0 saturated heterocycles. The minimum Gasteiger partial charge on any atom is -0.0832 e. The first-order valence-corrected chi connectivity index (χ1v) is 7.71. The zero-order valence-corrected chi connectivity index (χ0v) is 13.7. The molecule has 0 heterocycles. The lowest BCUT2D eigenvalue weighted by Gasteiger charge is -2.58. The maximum absolute atomic E-state index is 2.50. The van der Waals surface area contributed by atoms with E-state index in [-0.39, 0.29) is 16.2 Å². The van der Waals surface area contributed by atoms with Crippen LogP contribution < -0.4 is 0 Å². The summed E-state index contributed by atoms with van der Waals surface area (Å²) in [6, 6.07) is 8.93. The van der Waals surface area contributed by atoms with Crippen LogP contribution in [0, 0.1) is 16.2 Å². The van der Waals surface area contributed by atoms with E-state index in [0.29, 0.717) is 0 Å². The summed E-state index contributed by atoms with van der Waals surface area (Å²) in [4.78, 5) is 0. The lowest BCUT2D eigenvalue weighted by Crippen LogP contribution is -2.48. The van der Waals surface area contributed by atoms with Crippen molar-refractivity contribution in [2.75, 3.05) is 0 Å². The van der Waals surface area contributed by atoms with E-state index in [1.165, 1.54) is 11.1 Å². The number of hydrogen-bond acceptors (Lipinski definition) is 0. The molecule has 0 amide bonds. The number of fused-ring (bicyclic) bond motifs is 3. The van der Waals surface area contributed by atoms with Crippen molar-refractivity contribution >= 4 is 11.1 Å². The molecule has 0 unspecified atom stereocenters. The Hall–Kier alpha value is -1.30. The minimum absolute atomic E-state index is 0.113. The van der Waals surface area contributed by atoms with Crippen LogP contribution in [0.3, 0.4) is 0 Å². The van der Waals surface area contributed by atoms with Gasteiger partial charge in [0.15, 0.2) is 0 Å². The van der Waals surface area contributed by atoms with Crippen LogP contribution in [0.2, 0.25) is 0 Å². The SMILES string of the molecule is CC(C)(C)C1(C(C)(C)C)C=CCC2=C1c1ccccc12. The predicted molar refractivity (Wildman–Crippen MR) is 88.4 cm³/mol. The van der Waals surface area contributed by atoms with Crippen LogP contribution in [0.15, 0.2) is 36.4 Å². The summed E-state index contributed by atoms with van der Waals surface area (Å²) >= 11 is 0. The van der Waals surface area contributed by atoms with Crippen LogP contribution in [0.1, 0.15) is 59.1 Å². The van der Waals surface area contributed by atoms with Crippen LogP contribution in [-0.2, 0) is 0 Å². The second kappa shape index (κ2) is 3.87. The van der Waals surface area contributed by atoms with E-state index in [4.69, 9.17) is 0 Å². The largest absolute Gasteiger partial charge is 0.0832 e. The predicted octanol–water partition coefficient (Wildman–Crippen LogP) is 5.95. The average Bonchev–Trinajstić information content (AvgIpc) is 2.32. The number of rotatable bonds is 0. The van der Waals surface area contributed by atoms with Crippen molar-refractivity contribution in [3.05, 3.63) is 47.5 Å².